The summed E-state index contributed by atoms with van der Waals surface area (Å²) in [4.78, 5) is 24.4. The van der Waals surface area contributed by atoms with E-state index in [0.29, 0.717) is 11.5 Å². The summed E-state index contributed by atoms with van der Waals surface area (Å²) >= 11 is 3.36. The summed E-state index contributed by atoms with van der Waals surface area (Å²) in [5, 5.41) is 18.3. The molecule has 2 N–H and O–H groups in total. The number of aryl methyl sites for hydroxylation is 1. The van der Waals surface area contributed by atoms with Crippen LogP contribution in [0.4, 0.5) is 0 Å². The maximum atomic E-state index is 11.2. The van der Waals surface area contributed by atoms with Gasteiger partial charge in [-0.25, -0.2) is 4.79 Å². The predicted octanol–water partition coefficient (Wildman–Crippen LogP) is 13.7. The summed E-state index contributed by atoms with van der Waals surface area (Å²) in [5.74, 6) is 5.75. The van der Waals surface area contributed by atoms with Gasteiger partial charge in [-0.15, -0.1) is 23.5 Å². The van der Waals surface area contributed by atoms with E-state index >= 15 is 0 Å². The summed E-state index contributed by atoms with van der Waals surface area (Å²) in [7, 11) is 6.64. The van der Waals surface area contributed by atoms with Crippen molar-refractivity contribution in [2.75, 3.05) is 28.4 Å². The van der Waals surface area contributed by atoms with Crippen molar-refractivity contribution in [3.8, 4) is 68.3 Å². The smallest absolute Gasteiger partial charge is 0.335 e. The largest absolute Gasteiger partial charge is 0.497 e. The lowest BCUT2D eigenvalue weighted by molar-refractivity contribution is -0.136. The monoisotopic (exact) mass is 934 g/mol. The van der Waals surface area contributed by atoms with Crippen LogP contribution in [-0.4, -0.2) is 50.6 Å². The number of benzene rings is 6. The van der Waals surface area contributed by atoms with Crippen molar-refractivity contribution >= 4 is 35.5 Å². The molecule has 0 atom stereocenters. The Kier molecular flexibility index (Phi) is 16.2. The summed E-state index contributed by atoms with van der Waals surface area (Å²) < 4.78 is 34.5. The van der Waals surface area contributed by atoms with Gasteiger partial charge < -0.3 is 38.0 Å². The Bertz CT molecular complexity index is 2930. The average Bonchev–Trinajstić information content (AvgIpc) is 4.00. The van der Waals surface area contributed by atoms with Crippen molar-refractivity contribution in [1.29, 1.82) is 0 Å². The second-order valence-corrected chi connectivity index (χ2v) is 17.2. The lowest BCUT2D eigenvalue weighted by Crippen LogP contribution is -1.99. The number of furan rings is 2. The number of aliphatic carboxylic acids is 1. The SMILES string of the molecule is CCc1ccc(-c2cc(CSc3ccccc3OC)c(-c3ccc(CC(=O)O)cc3)o2)cc1OC.COc1cccc(SCc2cc(-c3cccc(OC)c3)oc2-c2ccc(C(=O)O)cc2)c1. The first-order valence-corrected chi connectivity index (χ1v) is 23.3. The van der Waals surface area contributed by atoms with E-state index in [2.05, 4.69) is 25.1 Å². The van der Waals surface area contributed by atoms with Crippen molar-refractivity contribution in [1.82, 2.24) is 0 Å². The number of hydrogen-bond donors (Lipinski definition) is 2. The molecule has 6 aromatic carbocycles. The fraction of sp³-hybridized carbons (Fsp3) is 0.164. The Hall–Kier alpha value is -7.28. The van der Waals surface area contributed by atoms with Crippen molar-refractivity contribution < 1.29 is 47.6 Å². The van der Waals surface area contributed by atoms with Gasteiger partial charge in [-0.2, -0.15) is 0 Å². The van der Waals surface area contributed by atoms with E-state index < -0.39 is 11.9 Å². The molecule has 12 heteroatoms. The van der Waals surface area contributed by atoms with E-state index in [1.807, 2.05) is 109 Å². The number of hydrogen-bond acceptors (Lipinski definition) is 10. The third kappa shape index (κ3) is 12.1. The third-order valence-electron chi connectivity index (χ3n) is 10.8. The number of aromatic carboxylic acids is 1. The van der Waals surface area contributed by atoms with Crippen LogP contribution in [0.1, 0.15) is 39.5 Å². The minimum absolute atomic E-state index is 0.0102. The highest BCUT2D eigenvalue weighted by atomic mass is 32.2. The van der Waals surface area contributed by atoms with E-state index in [9.17, 15) is 14.7 Å². The number of carboxylic acid groups (broad SMARTS) is 2. The maximum absolute atomic E-state index is 11.2. The second kappa shape index (κ2) is 22.8. The van der Waals surface area contributed by atoms with Gasteiger partial charge in [0.2, 0.25) is 0 Å². The fourth-order valence-corrected chi connectivity index (χ4v) is 9.17. The molecule has 0 radical (unpaired) electrons. The molecule has 0 saturated carbocycles. The molecule has 2 aromatic heterocycles. The van der Waals surface area contributed by atoms with Crippen LogP contribution in [0, 0.1) is 0 Å². The number of methoxy groups -OCH3 is 4. The van der Waals surface area contributed by atoms with Crippen LogP contribution in [0.5, 0.6) is 23.0 Å². The third-order valence-corrected chi connectivity index (χ3v) is 12.9. The summed E-state index contributed by atoms with van der Waals surface area (Å²) in [6.07, 6.45) is 0.875. The summed E-state index contributed by atoms with van der Waals surface area (Å²) in [6.45, 7) is 2.10. The van der Waals surface area contributed by atoms with Crippen molar-refractivity contribution in [2.45, 2.75) is 41.1 Å². The highest BCUT2D eigenvalue weighted by molar-refractivity contribution is 7.98. The van der Waals surface area contributed by atoms with Gasteiger partial charge >= 0.3 is 11.9 Å². The van der Waals surface area contributed by atoms with Gasteiger partial charge in [-0.1, -0.05) is 85.8 Å². The molecule has 8 rings (SSSR count). The van der Waals surface area contributed by atoms with Crippen LogP contribution in [0.25, 0.3) is 45.3 Å². The molecule has 0 aliphatic carbocycles. The molecule has 2 heterocycles. The lowest BCUT2D eigenvalue weighted by Gasteiger charge is -2.08. The van der Waals surface area contributed by atoms with Gasteiger partial charge in [-0.05, 0) is 90.3 Å². The van der Waals surface area contributed by atoms with Gasteiger partial charge in [-0.3, -0.25) is 4.79 Å². The van der Waals surface area contributed by atoms with E-state index in [1.54, 1.807) is 76.2 Å². The molecule has 342 valence electrons. The van der Waals surface area contributed by atoms with Gasteiger partial charge in [0.25, 0.3) is 0 Å². The number of rotatable bonds is 18. The van der Waals surface area contributed by atoms with E-state index in [-0.39, 0.29) is 12.0 Å². The second-order valence-electron chi connectivity index (χ2n) is 15.1. The average molecular weight is 935 g/mol. The Balaban J connectivity index is 0.000000200. The van der Waals surface area contributed by atoms with Crippen LogP contribution < -0.4 is 18.9 Å². The molecular weight excluding hydrogens is 885 g/mol. The van der Waals surface area contributed by atoms with E-state index in [1.165, 1.54) is 0 Å². The zero-order chi connectivity index (χ0) is 47.3. The lowest BCUT2D eigenvalue weighted by atomic mass is 10.0. The molecule has 0 aliphatic heterocycles. The molecule has 8 aromatic rings. The van der Waals surface area contributed by atoms with Crippen LogP contribution in [-0.2, 0) is 29.1 Å². The van der Waals surface area contributed by atoms with Crippen molar-refractivity contribution in [2.24, 2.45) is 0 Å². The fourth-order valence-electron chi connectivity index (χ4n) is 7.27. The Morgan fingerprint density at radius 2 is 1.09 bits per heavy atom. The highest BCUT2D eigenvalue weighted by Gasteiger charge is 2.19. The Morgan fingerprint density at radius 1 is 0.522 bits per heavy atom. The molecule has 0 spiro atoms. The Morgan fingerprint density at radius 3 is 1.69 bits per heavy atom. The minimum atomic E-state index is -0.957. The highest BCUT2D eigenvalue weighted by Crippen LogP contribution is 2.41. The number of carboxylic acids is 2. The van der Waals surface area contributed by atoms with Crippen LogP contribution in [0.15, 0.2) is 170 Å². The number of carbonyl (C=O) groups is 2. The van der Waals surface area contributed by atoms with Crippen LogP contribution in [0.3, 0.4) is 0 Å². The predicted molar refractivity (Wildman–Crippen MR) is 265 cm³/mol. The first kappa shape index (κ1) is 47.7. The number of para-hydroxylation sites is 1. The number of thioether (sulfide) groups is 2. The molecular formula is C55H50O10S2. The zero-order valence-corrected chi connectivity index (χ0v) is 39.4. The first-order chi connectivity index (χ1) is 32.6. The normalized spacial score (nSPS) is 10.8. The van der Waals surface area contributed by atoms with Crippen molar-refractivity contribution in [3.05, 3.63) is 179 Å². The molecule has 0 amide bonds. The molecule has 10 nitrogen and oxygen atoms in total. The number of ether oxygens (including phenoxy) is 4. The standard InChI is InChI=1S/C29H28O5S.C26H22O5S/c1-4-20-13-14-22(16-25(20)33-3)26-17-23(18-35-27-8-6-5-7-24(27)32-2)29(34-26)21-11-9-19(10-12-21)15-28(30)31;1-29-21-6-3-5-19(13-21)24-14-20(16-32-23-8-4-7-22(15-23)30-2)25(31-24)17-9-11-18(12-10-17)26(27)28/h5-14,16-17H,4,15,18H2,1-3H3,(H,30,31);3-15H,16H2,1-2H3,(H,27,28). The maximum Gasteiger partial charge on any atom is 0.335 e. The van der Waals surface area contributed by atoms with E-state index in [4.69, 9.17) is 32.9 Å². The van der Waals surface area contributed by atoms with Gasteiger partial charge in [0.1, 0.15) is 46.0 Å². The zero-order valence-electron chi connectivity index (χ0n) is 37.7. The molecule has 0 saturated heterocycles. The summed E-state index contributed by atoms with van der Waals surface area (Å²) in [5.41, 5.74) is 7.76. The minimum Gasteiger partial charge on any atom is -0.497 e. The summed E-state index contributed by atoms with van der Waals surface area (Å²) in [6, 6.07) is 48.0. The van der Waals surface area contributed by atoms with E-state index in [0.717, 1.165) is 107 Å². The van der Waals surface area contributed by atoms with Crippen LogP contribution >= 0.6 is 23.5 Å². The Labute approximate surface area is 398 Å². The first-order valence-electron chi connectivity index (χ1n) is 21.3. The molecule has 0 unspecified atom stereocenters. The molecule has 0 bridgehead atoms. The molecule has 0 fully saturated rings. The molecule has 0 aliphatic rings. The van der Waals surface area contributed by atoms with Gasteiger partial charge in [0.05, 0.1) is 40.4 Å². The van der Waals surface area contributed by atoms with Gasteiger partial charge in [0, 0.05) is 54.7 Å². The quantitative estimate of drug-likeness (QED) is 0.0792. The van der Waals surface area contributed by atoms with Crippen molar-refractivity contribution in [3.63, 3.8) is 0 Å². The van der Waals surface area contributed by atoms with Crippen LogP contribution in [0.2, 0.25) is 0 Å². The topological polar surface area (TPSA) is 138 Å². The molecule has 67 heavy (non-hydrogen) atoms. The van der Waals surface area contributed by atoms with Gasteiger partial charge in [0.15, 0.2) is 0 Å².